The first kappa shape index (κ1) is 20.9. The van der Waals surface area contributed by atoms with Crippen LogP contribution >= 0.6 is 0 Å². The second-order valence-corrected chi connectivity index (χ2v) is 8.96. The Morgan fingerprint density at radius 3 is 2.37 bits per heavy atom. The van der Waals surface area contributed by atoms with Crippen LogP contribution in [0.25, 0.3) is 0 Å². The van der Waals surface area contributed by atoms with E-state index in [0.29, 0.717) is 5.54 Å². The van der Waals surface area contributed by atoms with Gasteiger partial charge in [-0.2, -0.15) is 0 Å². The van der Waals surface area contributed by atoms with Gasteiger partial charge in [-0.25, -0.2) is 0 Å². The van der Waals surface area contributed by atoms with Gasteiger partial charge in [0.05, 0.1) is 6.54 Å². The molecule has 5 nitrogen and oxygen atoms in total. The molecule has 2 heterocycles. The number of rotatable bonds is 7. The van der Waals surface area contributed by atoms with Crippen LogP contribution in [-0.4, -0.2) is 73.7 Å². The standard InChI is InChI=1S/C22H43N5/c1-3-23-21(24-17-20-11-16-26(4-2)18-20)25-19-22(12-7-5-8-13-22)27-14-9-6-10-15-27/h20H,3-19H2,1-2H3,(H2,23,24,25). The van der Waals surface area contributed by atoms with Crippen molar-refractivity contribution in [3.05, 3.63) is 0 Å². The van der Waals surface area contributed by atoms with Crippen molar-refractivity contribution >= 4 is 5.96 Å². The smallest absolute Gasteiger partial charge is 0.191 e. The lowest BCUT2D eigenvalue weighted by molar-refractivity contribution is 0.0407. The van der Waals surface area contributed by atoms with Crippen LogP contribution in [0.3, 0.4) is 0 Å². The van der Waals surface area contributed by atoms with Crippen LogP contribution in [0, 0.1) is 5.92 Å². The molecule has 156 valence electrons. The van der Waals surface area contributed by atoms with E-state index < -0.39 is 0 Å². The summed E-state index contributed by atoms with van der Waals surface area (Å²) < 4.78 is 0. The quantitative estimate of drug-likeness (QED) is 0.529. The lowest BCUT2D eigenvalue weighted by Crippen LogP contribution is -2.54. The highest BCUT2D eigenvalue weighted by Gasteiger charge is 2.38. The molecule has 2 saturated heterocycles. The molecule has 1 aliphatic carbocycles. The Morgan fingerprint density at radius 1 is 0.963 bits per heavy atom. The summed E-state index contributed by atoms with van der Waals surface area (Å²) >= 11 is 0. The lowest BCUT2D eigenvalue weighted by atomic mass is 9.79. The molecule has 0 radical (unpaired) electrons. The van der Waals surface area contributed by atoms with Crippen molar-refractivity contribution < 1.29 is 0 Å². The Balaban J connectivity index is 1.59. The second kappa shape index (κ2) is 10.7. The summed E-state index contributed by atoms with van der Waals surface area (Å²) in [6.07, 6.45) is 12.3. The predicted molar refractivity (Wildman–Crippen MR) is 115 cm³/mol. The Kier molecular flexibility index (Phi) is 8.25. The molecule has 3 rings (SSSR count). The number of hydrogen-bond donors (Lipinski definition) is 2. The van der Waals surface area contributed by atoms with E-state index >= 15 is 0 Å². The highest BCUT2D eigenvalue weighted by atomic mass is 15.2. The van der Waals surface area contributed by atoms with Crippen LogP contribution < -0.4 is 10.6 Å². The van der Waals surface area contributed by atoms with E-state index in [1.165, 1.54) is 90.5 Å². The van der Waals surface area contributed by atoms with Crippen LogP contribution in [0.15, 0.2) is 4.99 Å². The molecule has 3 fully saturated rings. The molecule has 0 spiro atoms. The largest absolute Gasteiger partial charge is 0.357 e. The summed E-state index contributed by atoms with van der Waals surface area (Å²) in [6.45, 7) is 13.7. The zero-order chi connectivity index (χ0) is 19.0. The molecule has 2 aliphatic heterocycles. The maximum atomic E-state index is 5.12. The number of nitrogens with zero attached hydrogens (tertiary/aromatic N) is 3. The maximum absolute atomic E-state index is 5.12. The van der Waals surface area contributed by atoms with Gasteiger partial charge in [0, 0.05) is 25.2 Å². The molecule has 27 heavy (non-hydrogen) atoms. The molecule has 2 N–H and O–H groups in total. The Hall–Kier alpha value is -0.810. The lowest BCUT2D eigenvalue weighted by Gasteiger charge is -2.47. The van der Waals surface area contributed by atoms with Crippen molar-refractivity contribution in [3.63, 3.8) is 0 Å². The van der Waals surface area contributed by atoms with Crippen LogP contribution in [0.5, 0.6) is 0 Å². The van der Waals surface area contributed by atoms with Crippen molar-refractivity contribution in [2.75, 3.05) is 52.4 Å². The molecule has 3 aliphatic rings. The van der Waals surface area contributed by atoms with E-state index in [0.717, 1.165) is 31.5 Å². The SMILES string of the molecule is CCNC(=NCC1(N2CCCCC2)CCCCC1)NCC1CCN(CC)C1. The summed E-state index contributed by atoms with van der Waals surface area (Å²) in [4.78, 5) is 10.5. The number of piperidine rings is 1. The number of aliphatic imine (C=N–C) groups is 1. The van der Waals surface area contributed by atoms with Gasteiger partial charge in [0.15, 0.2) is 5.96 Å². The highest BCUT2D eigenvalue weighted by Crippen LogP contribution is 2.35. The molecule has 5 heteroatoms. The van der Waals surface area contributed by atoms with E-state index in [1.807, 2.05) is 0 Å². The van der Waals surface area contributed by atoms with Gasteiger partial charge in [-0.3, -0.25) is 9.89 Å². The van der Waals surface area contributed by atoms with Gasteiger partial charge in [-0.15, -0.1) is 0 Å². The van der Waals surface area contributed by atoms with Crippen LogP contribution in [0.2, 0.25) is 0 Å². The average molecular weight is 378 g/mol. The fourth-order valence-electron chi connectivity index (χ4n) is 5.33. The van der Waals surface area contributed by atoms with Crippen molar-refractivity contribution in [2.45, 2.75) is 77.2 Å². The van der Waals surface area contributed by atoms with E-state index in [-0.39, 0.29) is 0 Å². The summed E-state index contributed by atoms with van der Waals surface area (Å²) in [6, 6.07) is 0. The second-order valence-electron chi connectivity index (χ2n) is 8.96. The Labute approximate surface area is 167 Å². The van der Waals surface area contributed by atoms with Gasteiger partial charge < -0.3 is 15.5 Å². The van der Waals surface area contributed by atoms with Crippen molar-refractivity contribution in [1.29, 1.82) is 0 Å². The number of hydrogen-bond acceptors (Lipinski definition) is 3. The highest BCUT2D eigenvalue weighted by molar-refractivity contribution is 5.79. The molecule has 0 bridgehead atoms. The number of nitrogens with one attached hydrogen (secondary N) is 2. The summed E-state index contributed by atoms with van der Waals surface area (Å²) in [5.74, 6) is 1.80. The van der Waals surface area contributed by atoms with Crippen molar-refractivity contribution in [2.24, 2.45) is 10.9 Å². The molecular formula is C22H43N5. The molecule has 1 atom stereocenters. The van der Waals surface area contributed by atoms with Gasteiger partial charge in [-0.1, -0.05) is 32.6 Å². The average Bonchev–Trinajstić information content (AvgIpc) is 3.19. The van der Waals surface area contributed by atoms with Gasteiger partial charge in [0.25, 0.3) is 0 Å². The van der Waals surface area contributed by atoms with Crippen LogP contribution in [0.1, 0.15) is 71.6 Å². The zero-order valence-corrected chi connectivity index (χ0v) is 17.9. The molecule has 0 aromatic rings. The monoisotopic (exact) mass is 377 g/mol. The van der Waals surface area contributed by atoms with Gasteiger partial charge >= 0.3 is 0 Å². The molecule has 0 aromatic carbocycles. The third kappa shape index (κ3) is 5.83. The summed E-state index contributed by atoms with van der Waals surface area (Å²) in [5, 5.41) is 7.16. The first-order valence-electron chi connectivity index (χ1n) is 11.8. The van der Waals surface area contributed by atoms with Gasteiger partial charge in [0.1, 0.15) is 0 Å². The third-order valence-corrected chi connectivity index (χ3v) is 7.06. The number of likely N-dealkylation sites (tertiary alicyclic amines) is 2. The predicted octanol–water partition coefficient (Wildman–Crippen LogP) is 3.07. The fourth-order valence-corrected chi connectivity index (χ4v) is 5.33. The molecular weight excluding hydrogens is 334 g/mol. The Bertz CT molecular complexity index is 452. The fraction of sp³-hybridized carbons (Fsp3) is 0.955. The van der Waals surface area contributed by atoms with E-state index in [4.69, 9.17) is 4.99 Å². The molecule has 0 aromatic heterocycles. The summed E-state index contributed by atoms with van der Waals surface area (Å²) in [5.41, 5.74) is 0.327. The van der Waals surface area contributed by atoms with Crippen LogP contribution in [0.4, 0.5) is 0 Å². The van der Waals surface area contributed by atoms with E-state index in [9.17, 15) is 0 Å². The third-order valence-electron chi connectivity index (χ3n) is 7.06. The van der Waals surface area contributed by atoms with E-state index in [1.54, 1.807) is 0 Å². The molecule has 0 amide bonds. The first-order valence-corrected chi connectivity index (χ1v) is 11.8. The minimum Gasteiger partial charge on any atom is -0.357 e. The topological polar surface area (TPSA) is 42.9 Å². The molecule has 1 saturated carbocycles. The van der Waals surface area contributed by atoms with Crippen LogP contribution in [-0.2, 0) is 0 Å². The van der Waals surface area contributed by atoms with Crippen molar-refractivity contribution in [1.82, 2.24) is 20.4 Å². The maximum Gasteiger partial charge on any atom is 0.191 e. The zero-order valence-electron chi connectivity index (χ0n) is 17.9. The minimum atomic E-state index is 0.327. The van der Waals surface area contributed by atoms with Crippen molar-refractivity contribution in [3.8, 4) is 0 Å². The minimum absolute atomic E-state index is 0.327. The normalized spacial score (nSPS) is 27.6. The summed E-state index contributed by atoms with van der Waals surface area (Å²) in [7, 11) is 0. The number of guanidine groups is 1. The first-order chi connectivity index (χ1) is 13.3. The molecule has 1 unspecified atom stereocenters. The van der Waals surface area contributed by atoms with Gasteiger partial charge in [-0.05, 0) is 71.1 Å². The van der Waals surface area contributed by atoms with E-state index in [2.05, 4.69) is 34.3 Å². The van der Waals surface area contributed by atoms with Gasteiger partial charge in [0.2, 0.25) is 0 Å². The Morgan fingerprint density at radius 2 is 1.70 bits per heavy atom.